The van der Waals surface area contributed by atoms with Gasteiger partial charge >= 0.3 is 0 Å². The van der Waals surface area contributed by atoms with Crippen LogP contribution < -0.4 is 14.8 Å². The van der Waals surface area contributed by atoms with Gasteiger partial charge in [0.15, 0.2) is 11.5 Å². The molecule has 3 nitrogen and oxygen atoms in total. The fraction of sp³-hybridized carbons (Fsp3) is 0.455. The van der Waals surface area contributed by atoms with E-state index in [9.17, 15) is 0 Å². The monoisotopic (exact) mass is 191 g/mol. The predicted molar refractivity (Wildman–Crippen MR) is 52.7 cm³/mol. The molecule has 1 N–H and O–H groups in total. The van der Waals surface area contributed by atoms with Crippen molar-refractivity contribution in [3.05, 3.63) is 23.3 Å². The molecule has 1 aromatic carbocycles. The fourth-order valence-electron chi connectivity index (χ4n) is 2.15. The number of benzene rings is 1. The molecular weight excluding hydrogens is 178 g/mol. The third kappa shape index (κ3) is 1.09. The summed E-state index contributed by atoms with van der Waals surface area (Å²) in [6, 6.07) is 4.65. The fourth-order valence-corrected chi connectivity index (χ4v) is 2.15. The lowest BCUT2D eigenvalue weighted by Crippen LogP contribution is -2.27. The van der Waals surface area contributed by atoms with E-state index >= 15 is 0 Å². The van der Waals surface area contributed by atoms with Crippen molar-refractivity contribution >= 4 is 0 Å². The molecule has 1 unspecified atom stereocenters. The first kappa shape index (κ1) is 8.12. The van der Waals surface area contributed by atoms with Crippen LogP contribution in [0.5, 0.6) is 11.5 Å². The smallest absolute Gasteiger partial charge is 0.231 e. The van der Waals surface area contributed by atoms with Gasteiger partial charge in [-0.1, -0.05) is 0 Å². The Balaban J connectivity index is 2.12. The van der Waals surface area contributed by atoms with Crippen LogP contribution in [0.4, 0.5) is 0 Å². The van der Waals surface area contributed by atoms with E-state index in [1.54, 1.807) is 0 Å². The third-order valence-corrected chi connectivity index (χ3v) is 2.95. The molecule has 0 spiro atoms. The first-order valence-corrected chi connectivity index (χ1v) is 5.00. The summed E-state index contributed by atoms with van der Waals surface area (Å²) in [7, 11) is 0. The Morgan fingerprint density at radius 1 is 1.29 bits per heavy atom. The Hall–Kier alpha value is -1.22. The van der Waals surface area contributed by atoms with Crippen molar-refractivity contribution in [2.24, 2.45) is 0 Å². The molecule has 0 fully saturated rings. The Kier molecular flexibility index (Phi) is 1.67. The number of fused-ring (bicyclic) bond motifs is 2. The standard InChI is InChI=1S/C11H13NO2/c1-7-9-5-11-10(13-6-14-11)4-8(9)2-3-12-7/h4-5,7,12H,2-3,6H2,1H3. The van der Waals surface area contributed by atoms with Gasteiger partial charge in [-0.3, -0.25) is 0 Å². The first-order valence-electron chi connectivity index (χ1n) is 5.00. The lowest BCUT2D eigenvalue weighted by molar-refractivity contribution is 0.174. The number of ether oxygens (including phenoxy) is 2. The van der Waals surface area contributed by atoms with Crippen molar-refractivity contribution in [2.75, 3.05) is 13.3 Å². The van der Waals surface area contributed by atoms with Crippen molar-refractivity contribution in [1.29, 1.82) is 0 Å². The van der Waals surface area contributed by atoms with Gasteiger partial charge in [0.25, 0.3) is 0 Å². The molecule has 3 rings (SSSR count). The maximum atomic E-state index is 5.36. The van der Waals surface area contributed by atoms with Crippen molar-refractivity contribution in [3.63, 3.8) is 0 Å². The van der Waals surface area contributed by atoms with Crippen molar-refractivity contribution in [3.8, 4) is 11.5 Å². The largest absolute Gasteiger partial charge is 0.454 e. The minimum atomic E-state index is 0.361. The van der Waals surface area contributed by atoms with Crippen LogP contribution in [0.3, 0.4) is 0 Å². The summed E-state index contributed by atoms with van der Waals surface area (Å²) in [6.07, 6.45) is 1.08. The van der Waals surface area contributed by atoms with Gasteiger partial charge in [0.1, 0.15) is 0 Å². The summed E-state index contributed by atoms with van der Waals surface area (Å²) in [5.41, 5.74) is 2.74. The zero-order valence-corrected chi connectivity index (χ0v) is 8.17. The average Bonchev–Trinajstić information content (AvgIpc) is 2.62. The number of nitrogens with one attached hydrogen (secondary N) is 1. The van der Waals surface area contributed by atoms with Crippen LogP contribution in [0.2, 0.25) is 0 Å². The number of hydrogen-bond acceptors (Lipinski definition) is 3. The molecule has 0 amide bonds. The minimum absolute atomic E-state index is 0.361. The number of hydrogen-bond donors (Lipinski definition) is 1. The van der Waals surface area contributed by atoms with Gasteiger partial charge in [0.2, 0.25) is 6.79 Å². The van der Waals surface area contributed by atoms with Gasteiger partial charge in [0, 0.05) is 6.04 Å². The van der Waals surface area contributed by atoms with E-state index in [-0.39, 0.29) is 0 Å². The molecule has 74 valence electrons. The lowest BCUT2D eigenvalue weighted by Gasteiger charge is -2.23. The molecule has 0 saturated heterocycles. The van der Waals surface area contributed by atoms with Gasteiger partial charge in [-0.15, -0.1) is 0 Å². The maximum Gasteiger partial charge on any atom is 0.231 e. The normalized spacial score (nSPS) is 23.4. The second-order valence-electron chi connectivity index (χ2n) is 3.83. The van der Waals surface area contributed by atoms with E-state index in [1.165, 1.54) is 11.1 Å². The molecule has 1 aromatic rings. The molecule has 2 heterocycles. The van der Waals surface area contributed by atoms with Crippen LogP contribution in [0.15, 0.2) is 12.1 Å². The molecule has 0 aliphatic carbocycles. The van der Waals surface area contributed by atoms with Gasteiger partial charge < -0.3 is 14.8 Å². The van der Waals surface area contributed by atoms with Crippen molar-refractivity contribution in [2.45, 2.75) is 19.4 Å². The SMILES string of the molecule is CC1NCCc2cc3c(cc21)OCO3. The first-order chi connectivity index (χ1) is 6.84. The number of rotatable bonds is 0. The van der Waals surface area contributed by atoms with E-state index in [2.05, 4.69) is 24.4 Å². The summed E-state index contributed by atoms with van der Waals surface area (Å²) in [6.45, 7) is 3.59. The van der Waals surface area contributed by atoms with Crippen LogP contribution in [0, 0.1) is 0 Å². The Labute approximate surface area is 83.0 Å². The summed E-state index contributed by atoms with van der Waals surface area (Å²) in [5.74, 6) is 1.79. The highest BCUT2D eigenvalue weighted by Crippen LogP contribution is 2.37. The summed E-state index contributed by atoms with van der Waals surface area (Å²) in [5, 5.41) is 3.43. The topological polar surface area (TPSA) is 30.5 Å². The summed E-state index contributed by atoms with van der Waals surface area (Å²) in [4.78, 5) is 0. The van der Waals surface area contributed by atoms with E-state index in [0.717, 1.165) is 24.5 Å². The van der Waals surface area contributed by atoms with Gasteiger partial charge in [-0.2, -0.15) is 0 Å². The van der Waals surface area contributed by atoms with E-state index < -0.39 is 0 Å². The van der Waals surface area contributed by atoms with E-state index in [1.807, 2.05) is 0 Å². The molecule has 14 heavy (non-hydrogen) atoms. The highest BCUT2D eigenvalue weighted by Gasteiger charge is 2.22. The Bertz CT molecular complexity index is 376. The zero-order valence-electron chi connectivity index (χ0n) is 8.17. The quantitative estimate of drug-likeness (QED) is 0.676. The van der Waals surface area contributed by atoms with Gasteiger partial charge in [-0.05, 0) is 43.1 Å². The third-order valence-electron chi connectivity index (χ3n) is 2.95. The molecule has 2 aliphatic rings. The molecule has 0 radical (unpaired) electrons. The maximum absolute atomic E-state index is 5.36. The van der Waals surface area contributed by atoms with E-state index in [4.69, 9.17) is 9.47 Å². The van der Waals surface area contributed by atoms with Crippen LogP contribution in [0.25, 0.3) is 0 Å². The van der Waals surface area contributed by atoms with Crippen molar-refractivity contribution < 1.29 is 9.47 Å². The Morgan fingerprint density at radius 3 is 2.93 bits per heavy atom. The van der Waals surface area contributed by atoms with E-state index in [0.29, 0.717) is 12.8 Å². The van der Waals surface area contributed by atoms with Gasteiger partial charge in [-0.25, -0.2) is 0 Å². The van der Waals surface area contributed by atoms with Crippen LogP contribution in [-0.2, 0) is 6.42 Å². The molecule has 2 aliphatic heterocycles. The van der Waals surface area contributed by atoms with Gasteiger partial charge in [0.05, 0.1) is 0 Å². The highest BCUT2D eigenvalue weighted by molar-refractivity contribution is 5.50. The average molecular weight is 191 g/mol. The lowest BCUT2D eigenvalue weighted by atomic mass is 9.95. The molecule has 0 aromatic heterocycles. The minimum Gasteiger partial charge on any atom is -0.454 e. The summed E-state index contributed by atoms with van der Waals surface area (Å²) < 4.78 is 10.7. The van der Waals surface area contributed by atoms with Crippen molar-refractivity contribution in [1.82, 2.24) is 5.32 Å². The van der Waals surface area contributed by atoms with Crippen LogP contribution >= 0.6 is 0 Å². The second kappa shape index (κ2) is 2.89. The molecule has 1 atom stereocenters. The predicted octanol–water partition coefficient (Wildman–Crippen LogP) is 1.62. The Morgan fingerprint density at radius 2 is 2.07 bits per heavy atom. The van der Waals surface area contributed by atoms with Crippen LogP contribution in [0.1, 0.15) is 24.1 Å². The highest BCUT2D eigenvalue weighted by atomic mass is 16.7. The van der Waals surface area contributed by atoms with Crippen LogP contribution in [-0.4, -0.2) is 13.3 Å². The zero-order chi connectivity index (χ0) is 9.54. The molecular formula is C11H13NO2. The molecule has 0 bridgehead atoms. The second-order valence-corrected chi connectivity index (χ2v) is 3.83. The molecule has 3 heteroatoms. The summed E-state index contributed by atoms with van der Waals surface area (Å²) >= 11 is 0. The molecule has 0 saturated carbocycles.